The van der Waals surface area contributed by atoms with Crippen molar-refractivity contribution in [2.75, 3.05) is 18.9 Å². The van der Waals surface area contributed by atoms with Gasteiger partial charge >= 0.3 is 12.2 Å². The van der Waals surface area contributed by atoms with Gasteiger partial charge in [0.25, 0.3) is 0 Å². The summed E-state index contributed by atoms with van der Waals surface area (Å²) in [6.45, 7) is 2.25. The summed E-state index contributed by atoms with van der Waals surface area (Å²) in [7, 11) is 0. The average Bonchev–Trinajstić information content (AvgIpc) is 3.19. The highest BCUT2D eigenvalue weighted by molar-refractivity contribution is 5.73. The predicted octanol–water partition coefficient (Wildman–Crippen LogP) is 7.79. The molecule has 0 radical (unpaired) electrons. The van der Waals surface area contributed by atoms with Crippen LogP contribution in [0.4, 0.5) is 20.7 Å². The molecule has 3 N–H and O–H groups in total. The Bertz CT molecular complexity index is 1100. The summed E-state index contributed by atoms with van der Waals surface area (Å²) < 4.78 is 30.1. The smallest absolute Gasteiger partial charge is 0.434 e. The van der Waals surface area contributed by atoms with Crippen LogP contribution in [0.2, 0.25) is 0 Å². The van der Waals surface area contributed by atoms with Crippen molar-refractivity contribution in [1.82, 2.24) is 9.97 Å². The number of carbonyl (C=O) groups is 1. The van der Waals surface area contributed by atoms with E-state index in [4.69, 9.17) is 26.4 Å². The number of aryl methyl sites for hydroxylation is 1. The number of carbonyl (C=O) groups excluding carboxylic acids is 1. The first-order valence-electron chi connectivity index (χ1n) is 17.4. The second-order valence-electron chi connectivity index (χ2n) is 12.7. The van der Waals surface area contributed by atoms with Crippen LogP contribution < -0.4 is 5.73 Å². The zero-order valence-electron chi connectivity index (χ0n) is 27.3. The molecule has 1 unspecified atom stereocenters. The summed E-state index contributed by atoms with van der Waals surface area (Å²) in [6, 6.07) is 0. The topological polar surface area (TPSA) is 129 Å². The first kappa shape index (κ1) is 36.7. The first-order valence-corrected chi connectivity index (χ1v) is 17.4. The van der Waals surface area contributed by atoms with Gasteiger partial charge < -0.3 is 25.1 Å². The normalized spacial score (nSPS) is 22.5. The Morgan fingerprint density at radius 3 is 2.22 bits per heavy atom. The molecule has 2 aliphatic rings. The molecular formula is C35H55FN4O5. The molecule has 3 rings (SSSR count). The Kier molecular flexibility index (Phi) is 16.6. The first-order chi connectivity index (χ1) is 21.9. The quantitative estimate of drug-likeness (QED) is 0.0609. The number of rotatable bonds is 21. The summed E-state index contributed by atoms with van der Waals surface area (Å²) in [5, 5.41) is 10.7. The van der Waals surface area contributed by atoms with E-state index in [0.29, 0.717) is 30.6 Å². The zero-order valence-corrected chi connectivity index (χ0v) is 27.3. The highest BCUT2D eigenvalue weighted by Gasteiger charge is 2.48. The molecule has 2 aliphatic heterocycles. The van der Waals surface area contributed by atoms with Crippen LogP contribution in [-0.4, -0.2) is 58.5 Å². The lowest BCUT2D eigenvalue weighted by atomic mass is 9.93. The van der Waals surface area contributed by atoms with Gasteiger partial charge in [0.15, 0.2) is 11.4 Å². The number of unbranched alkanes of at least 4 members (excludes halogenated alkanes) is 15. The number of terminal acetylenes is 1. The molecule has 0 aromatic carbocycles. The number of anilines is 1. The Hall–Kier alpha value is -2.77. The monoisotopic (exact) mass is 630 g/mol. The van der Waals surface area contributed by atoms with Gasteiger partial charge in [0.2, 0.25) is 0 Å². The Morgan fingerprint density at radius 1 is 1.02 bits per heavy atom. The lowest BCUT2D eigenvalue weighted by Gasteiger charge is -2.26. The van der Waals surface area contributed by atoms with E-state index in [1.165, 1.54) is 83.5 Å². The number of aliphatic hydroxyl groups is 1. The van der Waals surface area contributed by atoms with Crippen LogP contribution in [0.5, 0.6) is 0 Å². The molecule has 1 saturated heterocycles. The Balaban J connectivity index is 1.21. The number of ether oxygens (including phenoxy) is 3. The number of fused-ring (bicyclic) bond motifs is 1. The maximum atomic E-state index is 13.6. The molecule has 1 fully saturated rings. The van der Waals surface area contributed by atoms with Gasteiger partial charge in [-0.25, -0.2) is 9.78 Å². The largest absolute Gasteiger partial charge is 0.508 e. The number of nitrogen functional groups attached to an aromatic ring is 1. The van der Waals surface area contributed by atoms with Crippen molar-refractivity contribution in [3.8, 4) is 12.3 Å². The number of aliphatic hydroxyl groups excluding tert-OH is 1. The van der Waals surface area contributed by atoms with Crippen LogP contribution in [0.25, 0.3) is 0 Å². The van der Waals surface area contributed by atoms with Gasteiger partial charge in [0.05, 0.1) is 18.4 Å². The maximum absolute atomic E-state index is 13.6. The van der Waals surface area contributed by atoms with E-state index >= 15 is 0 Å². The van der Waals surface area contributed by atoms with Gasteiger partial charge in [-0.1, -0.05) is 109 Å². The molecule has 1 aromatic rings. The van der Waals surface area contributed by atoms with E-state index < -0.39 is 23.9 Å². The number of aliphatic imine (C=N–C) groups is 1. The van der Waals surface area contributed by atoms with Crippen LogP contribution >= 0.6 is 0 Å². The third kappa shape index (κ3) is 12.9. The lowest BCUT2D eigenvalue weighted by molar-refractivity contribution is -0.0849. The van der Waals surface area contributed by atoms with Crippen molar-refractivity contribution in [1.29, 1.82) is 0 Å². The van der Waals surface area contributed by atoms with E-state index in [1.807, 2.05) is 0 Å². The van der Waals surface area contributed by atoms with E-state index in [1.54, 1.807) is 6.21 Å². The highest BCUT2D eigenvalue weighted by atomic mass is 19.1. The van der Waals surface area contributed by atoms with E-state index in [2.05, 4.69) is 27.8 Å². The number of nitrogens with zero attached hydrogens (tertiary/aromatic N) is 3. The maximum Gasteiger partial charge on any atom is 0.508 e. The second-order valence-corrected chi connectivity index (χ2v) is 12.7. The summed E-state index contributed by atoms with van der Waals surface area (Å²) in [5.74, 6) is 2.48. The van der Waals surface area contributed by atoms with Crippen LogP contribution in [-0.2, 0) is 20.6 Å². The standard InChI is InChI=1S/C35H55FN4O5/c1-3-5-6-7-8-9-10-11-12-13-14-15-16-17-18-19-22-43-34(42)44-26-35(4-2)30(41)24-28(45-35)23-27-20-21-29-31(38-25-27)32(37)40-33(36)39-29/h2,25,27-28,30,41H,3,5-24,26H2,1H3,(H2,37,39,40)/t27?,28-,30-,35+/m0/s1. The molecule has 0 aliphatic carbocycles. The predicted molar refractivity (Wildman–Crippen MR) is 175 cm³/mol. The van der Waals surface area contributed by atoms with Crippen molar-refractivity contribution < 1.29 is 28.5 Å². The van der Waals surface area contributed by atoms with Gasteiger partial charge in [-0.3, -0.25) is 4.99 Å². The zero-order chi connectivity index (χ0) is 32.3. The van der Waals surface area contributed by atoms with E-state index in [9.17, 15) is 14.3 Å². The molecule has 45 heavy (non-hydrogen) atoms. The molecule has 9 nitrogen and oxygen atoms in total. The minimum Gasteiger partial charge on any atom is -0.434 e. The van der Waals surface area contributed by atoms with E-state index in [-0.39, 0.29) is 37.5 Å². The fraction of sp³-hybridized carbons (Fsp3) is 0.771. The fourth-order valence-electron chi connectivity index (χ4n) is 6.22. The van der Waals surface area contributed by atoms with Crippen molar-refractivity contribution in [2.45, 2.75) is 153 Å². The molecule has 0 bridgehead atoms. The van der Waals surface area contributed by atoms with Crippen molar-refractivity contribution in [3.63, 3.8) is 0 Å². The van der Waals surface area contributed by atoms with Gasteiger partial charge in [-0.15, -0.1) is 6.42 Å². The van der Waals surface area contributed by atoms with Crippen molar-refractivity contribution >= 4 is 23.9 Å². The van der Waals surface area contributed by atoms with Crippen LogP contribution in [0.1, 0.15) is 135 Å². The SMILES string of the molecule is C#C[C@]1(COC(=O)OCCCCCCCCCCCCCCCCCC)O[C@@H](CC2C=Nc3c(N)nc(F)nc3CC2)C[C@@H]1O. The summed E-state index contributed by atoms with van der Waals surface area (Å²) in [4.78, 5) is 24.0. The number of aromatic nitrogens is 2. The molecular weight excluding hydrogens is 575 g/mol. The molecule has 1 aromatic heterocycles. The lowest BCUT2D eigenvalue weighted by Crippen LogP contribution is -2.43. The number of nitrogens with two attached hydrogens (primary N) is 1. The van der Waals surface area contributed by atoms with Gasteiger partial charge in [0.1, 0.15) is 18.4 Å². The molecule has 10 heteroatoms. The second kappa shape index (κ2) is 20.4. The van der Waals surface area contributed by atoms with Gasteiger partial charge in [-0.05, 0) is 31.6 Å². The minimum absolute atomic E-state index is 0.00661. The van der Waals surface area contributed by atoms with Crippen LogP contribution in [0.3, 0.4) is 0 Å². The fourth-order valence-corrected chi connectivity index (χ4v) is 6.22. The van der Waals surface area contributed by atoms with Crippen LogP contribution in [0.15, 0.2) is 4.99 Å². The minimum atomic E-state index is -1.44. The van der Waals surface area contributed by atoms with Crippen molar-refractivity contribution in [3.05, 3.63) is 11.8 Å². The molecule has 0 amide bonds. The third-order valence-electron chi connectivity index (χ3n) is 8.96. The number of halogens is 1. The molecule has 3 heterocycles. The molecule has 4 atom stereocenters. The summed E-state index contributed by atoms with van der Waals surface area (Å²) >= 11 is 0. The van der Waals surface area contributed by atoms with Crippen LogP contribution in [0, 0.1) is 24.3 Å². The van der Waals surface area contributed by atoms with Gasteiger partial charge in [0, 0.05) is 12.6 Å². The molecule has 0 spiro atoms. The Labute approximate surface area is 269 Å². The average molecular weight is 631 g/mol. The molecule has 0 saturated carbocycles. The summed E-state index contributed by atoms with van der Waals surface area (Å²) in [5.41, 5.74) is 5.22. The van der Waals surface area contributed by atoms with Crippen molar-refractivity contribution in [2.24, 2.45) is 10.9 Å². The van der Waals surface area contributed by atoms with Gasteiger partial charge in [-0.2, -0.15) is 9.37 Å². The Morgan fingerprint density at radius 2 is 1.62 bits per heavy atom. The third-order valence-corrected chi connectivity index (χ3v) is 8.96. The number of hydrogen-bond donors (Lipinski definition) is 2. The summed E-state index contributed by atoms with van der Waals surface area (Å²) in [6.07, 6.45) is 26.8. The molecule has 252 valence electrons. The van der Waals surface area contributed by atoms with E-state index in [0.717, 1.165) is 19.3 Å². The highest BCUT2D eigenvalue weighted by Crippen LogP contribution is 2.36. The number of hydrogen-bond acceptors (Lipinski definition) is 9.